The Bertz CT molecular complexity index is 623. The van der Waals surface area contributed by atoms with E-state index in [1.165, 1.54) is 0 Å². The normalized spacial score (nSPS) is 25.4. The molecule has 1 atom stereocenters. The Morgan fingerprint density at radius 3 is 2.57 bits per heavy atom. The van der Waals surface area contributed by atoms with Crippen molar-refractivity contribution in [1.29, 1.82) is 0 Å². The van der Waals surface area contributed by atoms with E-state index in [1.807, 2.05) is 0 Å². The Hall–Kier alpha value is -1.57. The summed E-state index contributed by atoms with van der Waals surface area (Å²) in [6.07, 6.45) is -5.13. The minimum absolute atomic E-state index is 0.199. The van der Waals surface area contributed by atoms with Gasteiger partial charge >= 0.3 is 6.18 Å². The predicted molar refractivity (Wildman–Crippen MR) is 65.5 cm³/mol. The maximum absolute atomic E-state index is 13.9. The molecule has 1 saturated heterocycles. The van der Waals surface area contributed by atoms with Gasteiger partial charge in [-0.05, 0) is 12.1 Å². The standard InChI is InChI=1S/C13H14F5NO2/c1-20-11-9(4-3-8(14)10(11)15)19-6-5-12(7-19,21-2)13(16,17)18/h3-4H,5-7H2,1-2H3/i1D3. The molecule has 1 aromatic carbocycles. The Morgan fingerprint density at radius 1 is 1.33 bits per heavy atom. The molecule has 0 aliphatic carbocycles. The lowest BCUT2D eigenvalue weighted by molar-refractivity contribution is -0.260. The summed E-state index contributed by atoms with van der Waals surface area (Å²) in [4.78, 5) is 1.06. The van der Waals surface area contributed by atoms with Crippen LogP contribution in [0.2, 0.25) is 0 Å². The van der Waals surface area contributed by atoms with Gasteiger partial charge in [-0.15, -0.1) is 0 Å². The molecule has 1 aliphatic rings. The average molecular weight is 314 g/mol. The molecule has 1 aromatic rings. The number of anilines is 1. The van der Waals surface area contributed by atoms with Crippen LogP contribution in [0.1, 0.15) is 10.5 Å². The summed E-state index contributed by atoms with van der Waals surface area (Å²) in [5.41, 5.74) is -2.76. The molecule has 0 N–H and O–H groups in total. The summed E-state index contributed by atoms with van der Waals surface area (Å²) in [6, 6.07) is 1.67. The molecule has 1 heterocycles. The first-order chi connectivity index (χ1) is 10.9. The highest BCUT2D eigenvalue weighted by Gasteiger charge is 2.59. The third-order valence-corrected chi connectivity index (χ3v) is 3.61. The zero-order chi connectivity index (χ0) is 18.3. The number of alkyl halides is 3. The van der Waals surface area contributed by atoms with Crippen LogP contribution in [0.15, 0.2) is 12.1 Å². The number of benzene rings is 1. The zero-order valence-electron chi connectivity index (χ0n) is 13.9. The lowest BCUT2D eigenvalue weighted by atomic mass is 10.0. The smallest absolute Gasteiger partial charge is 0.419 e. The molecule has 0 bridgehead atoms. The minimum atomic E-state index is -4.68. The molecule has 1 fully saturated rings. The molecule has 0 aromatic heterocycles. The van der Waals surface area contributed by atoms with Crippen LogP contribution in [0.3, 0.4) is 0 Å². The molecule has 0 radical (unpaired) electrons. The number of hydrogen-bond donors (Lipinski definition) is 0. The predicted octanol–water partition coefficient (Wildman–Crippen LogP) is 3.13. The zero-order valence-corrected chi connectivity index (χ0v) is 10.9. The molecule has 2 rings (SSSR count). The van der Waals surface area contributed by atoms with Gasteiger partial charge < -0.3 is 14.4 Å². The van der Waals surface area contributed by atoms with Gasteiger partial charge in [-0.1, -0.05) is 0 Å². The quantitative estimate of drug-likeness (QED) is 0.800. The third-order valence-electron chi connectivity index (χ3n) is 3.61. The van der Waals surface area contributed by atoms with Gasteiger partial charge in [-0.3, -0.25) is 0 Å². The topological polar surface area (TPSA) is 21.7 Å². The van der Waals surface area contributed by atoms with Crippen molar-refractivity contribution in [3.63, 3.8) is 0 Å². The SMILES string of the molecule is [2H]C([2H])([2H])Oc1c(N2CCC(OC)(C(F)(F)F)C2)ccc(F)c1F. The molecule has 0 saturated carbocycles. The largest absolute Gasteiger partial charge is 0.491 e. The molecule has 3 nitrogen and oxygen atoms in total. The average Bonchev–Trinajstić information content (AvgIpc) is 2.88. The molecule has 118 valence electrons. The highest BCUT2D eigenvalue weighted by atomic mass is 19.4. The van der Waals surface area contributed by atoms with Gasteiger partial charge in [0.1, 0.15) is 0 Å². The Labute approximate surface area is 122 Å². The minimum Gasteiger partial charge on any atom is -0.491 e. The summed E-state index contributed by atoms with van der Waals surface area (Å²) < 4.78 is 97.1. The molecular formula is C13H14F5NO2. The second-order valence-corrected chi connectivity index (χ2v) is 4.68. The van der Waals surface area contributed by atoms with E-state index in [0.717, 1.165) is 18.1 Å². The van der Waals surface area contributed by atoms with Crippen LogP contribution in [0, 0.1) is 11.6 Å². The Kier molecular flexibility index (Phi) is 3.05. The van der Waals surface area contributed by atoms with Crippen LogP contribution in [0.4, 0.5) is 27.6 Å². The molecule has 1 unspecified atom stereocenters. The molecule has 1 aliphatic heterocycles. The molecule has 8 heteroatoms. The maximum atomic E-state index is 13.9. The fourth-order valence-electron chi connectivity index (χ4n) is 2.37. The third kappa shape index (κ3) is 2.52. The van der Waals surface area contributed by atoms with E-state index in [4.69, 9.17) is 4.11 Å². The molecular weight excluding hydrogens is 297 g/mol. The fraction of sp³-hybridized carbons (Fsp3) is 0.538. The van der Waals surface area contributed by atoms with Crippen LogP contribution in [-0.2, 0) is 4.74 Å². The number of nitrogens with zero attached hydrogens (tertiary/aromatic N) is 1. The summed E-state index contributed by atoms with van der Waals surface area (Å²) in [7, 11) is -2.19. The van der Waals surface area contributed by atoms with Crippen molar-refractivity contribution in [2.45, 2.75) is 18.2 Å². The van der Waals surface area contributed by atoms with Crippen LogP contribution in [0.25, 0.3) is 0 Å². The number of halogens is 5. The van der Waals surface area contributed by atoms with E-state index in [2.05, 4.69) is 9.47 Å². The van der Waals surface area contributed by atoms with Gasteiger partial charge in [0, 0.05) is 20.1 Å². The highest BCUT2D eigenvalue weighted by Crippen LogP contribution is 2.44. The van der Waals surface area contributed by atoms with Crippen molar-refractivity contribution in [3.05, 3.63) is 23.8 Å². The van der Waals surface area contributed by atoms with Gasteiger partial charge in [-0.2, -0.15) is 17.6 Å². The van der Waals surface area contributed by atoms with Gasteiger partial charge in [0.05, 0.1) is 23.4 Å². The summed E-state index contributed by atoms with van der Waals surface area (Å²) >= 11 is 0. The first-order valence-corrected chi connectivity index (χ1v) is 5.94. The number of methoxy groups -OCH3 is 2. The number of ether oxygens (including phenoxy) is 2. The van der Waals surface area contributed by atoms with E-state index >= 15 is 0 Å². The van der Waals surface area contributed by atoms with E-state index in [9.17, 15) is 22.0 Å². The van der Waals surface area contributed by atoms with Crippen molar-refractivity contribution in [1.82, 2.24) is 0 Å². The van der Waals surface area contributed by atoms with Crippen LogP contribution in [0.5, 0.6) is 5.75 Å². The van der Waals surface area contributed by atoms with Gasteiger partial charge in [0.25, 0.3) is 0 Å². The summed E-state index contributed by atoms with van der Waals surface area (Å²) in [5.74, 6) is -3.90. The van der Waals surface area contributed by atoms with E-state index in [-0.39, 0.29) is 12.2 Å². The Morgan fingerprint density at radius 2 is 2.05 bits per heavy atom. The van der Waals surface area contributed by atoms with Crippen molar-refractivity contribution in [3.8, 4) is 5.75 Å². The first kappa shape index (κ1) is 12.0. The summed E-state index contributed by atoms with van der Waals surface area (Å²) in [6.45, 7) is -0.898. The maximum Gasteiger partial charge on any atom is 0.419 e. The lowest BCUT2D eigenvalue weighted by Gasteiger charge is -2.30. The highest BCUT2D eigenvalue weighted by molar-refractivity contribution is 5.60. The van der Waals surface area contributed by atoms with Crippen LogP contribution < -0.4 is 9.64 Å². The molecule has 0 spiro atoms. The second-order valence-electron chi connectivity index (χ2n) is 4.68. The van der Waals surface area contributed by atoms with Crippen molar-refractivity contribution >= 4 is 5.69 Å². The Balaban J connectivity index is 2.42. The van der Waals surface area contributed by atoms with Crippen LogP contribution in [-0.4, -0.2) is 39.0 Å². The van der Waals surface area contributed by atoms with Gasteiger partial charge in [0.2, 0.25) is 5.82 Å². The van der Waals surface area contributed by atoms with Crippen molar-refractivity contribution in [2.24, 2.45) is 0 Å². The monoisotopic (exact) mass is 314 g/mol. The van der Waals surface area contributed by atoms with Crippen LogP contribution >= 0.6 is 0 Å². The van der Waals surface area contributed by atoms with E-state index in [0.29, 0.717) is 6.07 Å². The number of rotatable bonds is 3. The van der Waals surface area contributed by atoms with Gasteiger partial charge in [-0.25, -0.2) is 4.39 Å². The fourth-order valence-corrected chi connectivity index (χ4v) is 2.37. The van der Waals surface area contributed by atoms with Crippen molar-refractivity contribution in [2.75, 3.05) is 32.1 Å². The van der Waals surface area contributed by atoms with Crippen molar-refractivity contribution < 1.29 is 35.5 Å². The molecule has 0 amide bonds. The first-order valence-electron chi connectivity index (χ1n) is 7.44. The number of hydrogen-bond acceptors (Lipinski definition) is 3. The summed E-state index contributed by atoms with van der Waals surface area (Å²) in [5, 5.41) is 0. The van der Waals surface area contributed by atoms with E-state index in [1.54, 1.807) is 0 Å². The lowest BCUT2D eigenvalue weighted by Crippen LogP contribution is -2.49. The van der Waals surface area contributed by atoms with Gasteiger partial charge in [0.15, 0.2) is 17.2 Å². The second kappa shape index (κ2) is 5.32. The molecule has 21 heavy (non-hydrogen) atoms. The van der Waals surface area contributed by atoms with E-state index < -0.39 is 49.2 Å².